The Labute approximate surface area is 129 Å². The summed E-state index contributed by atoms with van der Waals surface area (Å²) in [5.41, 5.74) is 1.26. The quantitative estimate of drug-likeness (QED) is 0.679. The normalized spacial score (nSPS) is 11.3. The molecule has 1 aromatic rings. The Balaban J connectivity index is 2.28. The first-order chi connectivity index (χ1) is 10.1. The lowest BCUT2D eigenvalue weighted by Crippen LogP contribution is -2.27. The van der Waals surface area contributed by atoms with Crippen LogP contribution in [0.5, 0.6) is 5.75 Å². The van der Waals surface area contributed by atoms with Gasteiger partial charge < -0.3 is 19.7 Å². The van der Waals surface area contributed by atoms with Crippen LogP contribution >= 0.6 is 0 Å². The van der Waals surface area contributed by atoms with Crippen LogP contribution in [-0.2, 0) is 11.3 Å². The zero-order chi connectivity index (χ0) is 15.5. The summed E-state index contributed by atoms with van der Waals surface area (Å²) in [6, 6.07) is 8.31. The van der Waals surface area contributed by atoms with Crippen molar-refractivity contribution in [1.82, 2.24) is 10.2 Å². The Hall–Kier alpha value is -1.10. The lowest BCUT2D eigenvalue weighted by Gasteiger charge is -2.16. The number of benzene rings is 1. The number of ether oxygens (including phenoxy) is 2. The lowest BCUT2D eigenvalue weighted by molar-refractivity contribution is 0.150. The third-order valence-corrected chi connectivity index (χ3v) is 3.20. The van der Waals surface area contributed by atoms with E-state index in [0.717, 1.165) is 38.5 Å². The molecular formula is C17H30N2O2. The smallest absolute Gasteiger partial charge is 0.119 e. The second kappa shape index (κ2) is 10.6. The molecule has 0 saturated heterocycles. The van der Waals surface area contributed by atoms with Crippen molar-refractivity contribution in [2.45, 2.75) is 20.4 Å². The molecule has 0 aliphatic carbocycles. The van der Waals surface area contributed by atoms with Gasteiger partial charge in [0.2, 0.25) is 0 Å². The molecule has 21 heavy (non-hydrogen) atoms. The van der Waals surface area contributed by atoms with Gasteiger partial charge in [0, 0.05) is 26.7 Å². The highest BCUT2D eigenvalue weighted by Gasteiger charge is 2.01. The fourth-order valence-electron chi connectivity index (χ4n) is 1.93. The molecule has 0 fully saturated rings. The summed E-state index contributed by atoms with van der Waals surface area (Å²) >= 11 is 0. The largest absolute Gasteiger partial charge is 0.492 e. The monoisotopic (exact) mass is 294 g/mol. The first-order valence-electron chi connectivity index (χ1n) is 7.71. The summed E-state index contributed by atoms with van der Waals surface area (Å²) in [4.78, 5) is 2.21. The summed E-state index contributed by atoms with van der Waals surface area (Å²) in [6.45, 7) is 9.65. The number of methoxy groups -OCH3 is 1. The number of nitrogens with zero attached hydrogens (tertiary/aromatic N) is 1. The number of rotatable bonds is 11. The van der Waals surface area contributed by atoms with Gasteiger partial charge in [0.1, 0.15) is 12.4 Å². The number of likely N-dealkylation sites (N-methyl/N-ethyl adjacent to an activating group) is 1. The Bertz CT molecular complexity index is 383. The minimum atomic E-state index is 0.673. The molecule has 0 aliphatic rings. The van der Waals surface area contributed by atoms with Crippen LogP contribution in [0.3, 0.4) is 0 Å². The van der Waals surface area contributed by atoms with Crippen LogP contribution in [0, 0.1) is 5.92 Å². The fraction of sp³-hybridized carbons (Fsp3) is 0.647. The van der Waals surface area contributed by atoms with E-state index in [1.54, 1.807) is 7.11 Å². The van der Waals surface area contributed by atoms with Crippen molar-refractivity contribution in [1.29, 1.82) is 0 Å². The van der Waals surface area contributed by atoms with E-state index in [9.17, 15) is 0 Å². The molecule has 0 bridgehead atoms. The first kappa shape index (κ1) is 18.0. The van der Waals surface area contributed by atoms with Gasteiger partial charge in [0.25, 0.3) is 0 Å². The van der Waals surface area contributed by atoms with Crippen LogP contribution in [0.4, 0.5) is 0 Å². The van der Waals surface area contributed by atoms with E-state index in [1.165, 1.54) is 5.56 Å². The van der Waals surface area contributed by atoms with E-state index in [2.05, 4.69) is 49.3 Å². The zero-order valence-corrected chi connectivity index (χ0v) is 13.9. The highest BCUT2D eigenvalue weighted by Crippen LogP contribution is 2.13. The Morgan fingerprint density at radius 2 is 1.95 bits per heavy atom. The fourth-order valence-corrected chi connectivity index (χ4v) is 1.93. The van der Waals surface area contributed by atoms with Crippen LogP contribution in [-0.4, -0.2) is 51.9 Å². The highest BCUT2D eigenvalue weighted by molar-refractivity contribution is 5.28. The molecule has 0 heterocycles. The van der Waals surface area contributed by atoms with Gasteiger partial charge in [-0.05, 0) is 37.2 Å². The standard InChI is InChI=1S/C17H30N2O2/c1-15(2)13-18-14-16-6-5-7-17(12-16)21-11-9-19(3)8-10-20-4/h5-7,12,15,18H,8-11,13-14H2,1-4H3. The summed E-state index contributed by atoms with van der Waals surface area (Å²) < 4.78 is 10.9. The van der Waals surface area contributed by atoms with Gasteiger partial charge in [-0.1, -0.05) is 26.0 Å². The molecule has 0 aliphatic heterocycles. The SMILES string of the molecule is COCCN(C)CCOc1cccc(CNCC(C)C)c1. The number of nitrogens with one attached hydrogen (secondary N) is 1. The highest BCUT2D eigenvalue weighted by atomic mass is 16.5. The Morgan fingerprint density at radius 1 is 1.19 bits per heavy atom. The van der Waals surface area contributed by atoms with Crippen molar-refractivity contribution in [3.63, 3.8) is 0 Å². The molecule has 1 N–H and O–H groups in total. The molecule has 4 heteroatoms. The van der Waals surface area contributed by atoms with Gasteiger partial charge in [-0.15, -0.1) is 0 Å². The minimum absolute atomic E-state index is 0.673. The van der Waals surface area contributed by atoms with E-state index >= 15 is 0 Å². The molecule has 0 saturated carbocycles. The van der Waals surface area contributed by atoms with Gasteiger partial charge >= 0.3 is 0 Å². The average Bonchev–Trinajstić information content (AvgIpc) is 2.45. The Morgan fingerprint density at radius 3 is 2.67 bits per heavy atom. The van der Waals surface area contributed by atoms with E-state index in [4.69, 9.17) is 9.47 Å². The van der Waals surface area contributed by atoms with Crippen molar-refractivity contribution >= 4 is 0 Å². The van der Waals surface area contributed by atoms with E-state index in [1.807, 2.05) is 6.07 Å². The maximum atomic E-state index is 5.81. The van der Waals surface area contributed by atoms with Gasteiger partial charge in [-0.3, -0.25) is 0 Å². The van der Waals surface area contributed by atoms with E-state index in [-0.39, 0.29) is 0 Å². The van der Waals surface area contributed by atoms with Crippen LogP contribution in [0.15, 0.2) is 24.3 Å². The van der Waals surface area contributed by atoms with Gasteiger partial charge in [-0.25, -0.2) is 0 Å². The molecule has 120 valence electrons. The predicted molar refractivity (Wildman–Crippen MR) is 87.9 cm³/mol. The predicted octanol–water partition coefficient (Wildman–Crippen LogP) is 2.39. The van der Waals surface area contributed by atoms with Crippen LogP contribution in [0.25, 0.3) is 0 Å². The van der Waals surface area contributed by atoms with Gasteiger partial charge in [0.15, 0.2) is 0 Å². The summed E-state index contributed by atoms with van der Waals surface area (Å²) in [5.74, 6) is 1.62. The summed E-state index contributed by atoms with van der Waals surface area (Å²) in [6.07, 6.45) is 0. The van der Waals surface area contributed by atoms with Gasteiger partial charge in [-0.2, -0.15) is 0 Å². The second-order valence-electron chi connectivity index (χ2n) is 5.82. The van der Waals surface area contributed by atoms with Crippen molar-refractivity contribution < 1.29 is 9.47 Å². The molecule has 1 aromatic carbocycles. The maximum Gasteiger partial charge on any atom is 0.119 e. The van der Waals surface area contributed by atoms with Crippen molar-refractivity contribution in [3.8, 4) is 5.75 Å². The van der Waals surface area contributed by atoms with Crippen LogP contribution < -0.4 is 10.1 Å². The first-order valence-corrected chi connectivity index (χ1v) is 7.71. The molecule has 0 aromatic heterocycles. The third kappa shape index (κ3) is 8.71. The van der Waals surface area contributed by atoms with Crippen molar-refractivity contribution in [3.05, 3.63) is 29.8 Å². The van der Waals surface area contributed by atoms with E-state index in [0.29, 0.717) is 12.5 Å². The molecule has 1 rings (SSSR count). The van der Waals surface area contributed by atoms with Crippen LogP contribution in [0.1, 0.15) is 19.4 Å². The Kier molecular flexibility index (Phi) is 9.06. The molecule has 0 radical (unpaired) electrons. The van der Waals surface area contributed by atoms with E-state index < -0.39 is 0 Å². The number of hydrogen-bond donors (Lipinski definition) is 1. The van der Waals surface area contributed by atoms with Crippen LogP contribution in [0.2, 0.25) is 0 Å². The second-order valence-corrected chi connectivity index (χ2v) is 5.82. The minimum Gasteiger partial charge on any atom is -0.492 e. The zero-order valence-electron chi connectivity index (χ0n) is 13.9. The molecule has 0 amide bonds. The topological polar surface area (TPSA) is 33.7 Å². The lowest BCUT2D eigenvalue weighted by atomic mass is 10.2. The maximum absolute atomic E-state index is 5.81. The summed E-state index contributed by atoms with van der Waals surface area (Å²) in [5, 5.41) is 3.45. The summed E-state index contributed by atoms with van der Waals surface area (Å²) in [7, 11) is 3.80. The molecule has 4 nitrogen and oxygen atoms in total. The molecular weight excluding hydrogens is 264 g/mol. The third-order valence-electron chi connectivity index (χ3n) is 3.20. The number of hydrogen-bond acceptors (Lipinski definition) is 4. The molecule has 0 spiro atoms. The molecule has 0 unspecified atom stereocenters. The van der Waals surface area contributed by atoms with Crippen molar-refractivity contribution in [2.24, 2.45) is 5.92 Å². The average molecular weight is 294 g/mol. The van der Waals surface area contributed by atoms with Gasteiger partial charge in [0.05, 0.1) is 6.61 Å². The molecule has 0 atom stereocenters. The van der Waals surface area contributed by atoms with Crippen molar-refractivity contribution in [2.75, 3.05) is 47.0 Å².